The zero-order valence-electron chi connectivity index (χ0n) is 8.51. The van der Waals surface area contributed by atoms with Crippen molar-refractivity contribution in [2.45, 2.75) is 6.42 Å². The van der Waals surface area contributed by atoms with Crippen molar-refractivity contribution < 1.29 is 4.39 Å². The first-order valence-corrected chi connectivity index (χ1v) is 6.19. The zero-order chi connectivity index (χ0) is 12.4. The maximum atomic E-state index is 12.8. The Bertz CT molecular complexity index is 615. The minimum absolute atomic E-state index is 0.186. The summed E-state index contributed by atoms with van der Waals surface area (Å²) < 4.78 is 13.4. The average Bonchev–Trinajstić information content (AvgIpc) is 2.27. The van der Waals surface area contributed by atoms with E-state index in [1.54, 1.807) is 6.07 Å². The SMILES string of the molecule is O=c1[nH]c(Cc2ccc(F)cc2Cl)ncc1I. The van der Waals surface area contributed by atoms with Crippen molar-refractivity contribution >= 4 is 34.2 Å². The van der Waals surface area contributed by atoms with Crippen LogP contribution in [0.15, 0.2) is 29.2 Å². The number of halogens is 3. The number of rotatable bonds is 2. The fraction of sp³-hybridized carbons (Fsp3) is 0.0909. The van der Waals surface area contributed by atoms with Crippen LogP contribution >= 0.6 is 34.2 Å². The summed E-state index contributed by atoms with van der Waals surface area (Å²) in [5.41, 5.74) is 0.534. The summed E-state index contributed by atoms with van der Waals surface area (Å²) in [7, 11) is 0. The van der Waals surface area contributed by atoms with Gasteiger partial charge in [0.25, 0.3) is 5.56 Å². The topological polar surface area (TPSA) is 45.8 Å². The summed E-state index contributed by atoms with van der Waals surface area (Å²) in [4.78, 5) is 18.1. The largest absolute Gasteiger partial charge is 0.309 e. The average molecular weight is 365 g/mol. The fourth-order valence-electron chi connectivity index (χ4n) is 1.35. The number of aromatic amines is 1. The molecule has 1 aromatic heterocycles. The molecule has 1 heterocycles. The monoisotopic (exact) mass is 364 g/mol. The molecule has 0 saturated heterocycles. The predicted octanol–water partition coefficient (Wildman–Crippen LogP) is 2.76. The second kappa shape index (κ2) is 5.14. The standard InChI is InChI=1S/C11H7ClFIN2O/c12-8-4-7(13)2-1-6(8)3-10-15-5-9(14)11(17)16-10/h1-2,4-5H,3H2,(H,15,16,17). The molecule has 2 rings (SSSR count). The highest BCUT2D eigenvalue weighted by molar-refractivity contribution is 14.1. The fourth-order valence-corrected chi connectivity index (χ4v) is 1.86. The molecule has 0 unspecified atom stereocenters. The van der Waals surface area contributed by atoms with E-state index in [0.717, 1.165) is 5.56 Å². The van der Waals surface area contributed by atoms with Gasteiger partial charge in [-0.25, -0.2) is 9.37 Å². The lowest BCUT2D eigenvalue weighted by Gasteiger charge is -2.03. The number of nitrogens with one attached hydrogen (secondary N) is 1. The second-order valence-electron chi connectivity index (χ2n) is 3.42. The first kappa shape index (κ1) is 12.5. The molecule has 0 saturated carbocycles. The molecule has 0 aliphatic carbocycles. The molecule has 0 atom stereocenters. The van der Waals surface area contributed by atoms with Crippen LogP contribution in [-0.2, 0) is 6.42 Å². The molecule has 0 amide bonds. The Labute approximate surface area is 115 Å². The second-order valence-corrected chi connectivity index (χ2v) is 4.99. The van der Waals surface area contributed by atoms with E-state index in [2.05, 4.69) is 9.97 Å². The van der Waals surface area contributed by atoms with E-state index >= 15 is 0 Å². The van der Waals surface area contributed by atoms with E-state index < -0.39 is 0 Å². The maximum Gasteiger partial charge on any atom is 0.264 e. The molecular formula is C11H7ClFIN2O. The van der Waals surface area contributed by atoms with Gasteiger partial charge in [-0.1, -0.05) is 17.7 Å². The van der Waals surface area contributed by atoms with Crippen molar-refractivity contribution in [3.05, 3.63) is 60.5 Å². The smallest absolute Gasteiger partial charge is 0.264 e. The van der Waals surface area contributed by atoms with E-state index in [9.17, 15) is 9.18 Å². The number of nitrogens with zero attached hydrogens (tertiary/aromatic N) is 1. The first-order valence-electron chi connectivity index (χ1n) is 4.74. The summed E-state index contributed by atoms with van der Waals surface area (Å²) in [6.07, 6.45) is 1.86. The molecule has 1 N–H and O–H groups in total. The quantitative estimate of drug-likeness (QED) is 0.833. The van der Waals surface area contributed by atoms with Gasteiger partial charge in [0.1, 0.15) is 11.6 Å². The van der Waals surface area contributed by atoms with Crippen LogP contribution in [0.1, 0.15) is 11.4 Å². The maximum absolute atomic E-state index is 12.8. The predicted molar refractivity (Wildman–Crippen MR) is 71.8 cm³/mol. The van der Waals surface area contributed by atoms with Crippen molar-refractivity contribution in [1.82, 2.24) is 9.97 Å². The summed E-state index contributed by atoms with van der Waals surface area (Å²) >= 11 is 7.79. The Morgan fingerprint density at radius 1 is 1.47 bits per heavy atom. The third kappa shape index (κ3) is 3.04. The highest BCUT2D eigenvalue weighted by Crippen LogP contribution is 2.19. The van der Waals surface area contributed by atoms with Gasteiger partial charge in [-0.3, -0.25) is 4.79 Å². The Kier molecular flexibility index (Phi) is 3.78. The Hall–Kier alpha value is -0.950. The number of benzene rings is 1. The van der Waals surface area contributed by atoms with Crippen LogP contribution in [0.3, 0.4) is 0 Å². The summed E-state index contributed by atoms with van der Waals surface area (Å²) in [6, 6.07) is 4.14. The molecule has 3 nitrogen and oxygen atoms in total. The van der Waals surface area contributed by atoms with Gasteiger partial charge in [-0.05, 0) is 40.3 Å². The summed E-state index contributed by atoms with van der Waals surface area (Å²) in [5.74, 6) is 0.117. The van der Waals surface area contributed by atoms with E-state index in [0.29, 0.717) is 20.8 Å². The highest BCUT2D eigenvalue weighted by Gasteiger charge is 2.06. The third-order valence-electron chi connectivity index (χ3n) is 2.18. The van der Waals surface area contributed by atoms with Crippen LogP contribution in [-0.4, -0.2) is 9.97 Å². The van der Waals surface area contributed by atoms with E-state index in [4.69, 9.17) is 11.6 Å². The van der Waals surface area contributed by atoms with Gasteiger partial charge in [0.2, 0.25) is 0 Å². The van der Waals surface area contributed by atoms with Gasteiger partial charge in [0, 0.05) is 17.6 Å². The lowest BCUT2D eigenvalue weighted by Crippen LogP contribution is -2.14. The molecule has 6 heteroatoms. The van der Waals surface area contributed by atoms with Crippen LogP contribution in [0.5, 0.6) is 0 Å². The van der Waals surface area contributed by atoms with E-state index in [1.807, 2.05) is 22.6 Å². The molecule has 2 aromatic rings. The van der Waals surface area contributed by atoms with Crippen molar-refractivity contribution in [3.8, 4) is 0 Å². The number of aromatic nitrogens is 2. The van der Waals surface area contributed by atoms with E-state index in [1.165, 1.54) is 18.3 Å². The van der Waals surface area contributed by atoms with Crippen LogP contribution in [0.25, 0.3) is 0 Å². The lowest BCUT2D eigenvalue weighted by molar-refractivity contribution is 0.627. The summed E-state index contributed by atoms with van der Waals surface area (Å²) in [5, 5.41) is 0.325. The van der Waals surface area contributed by atoms with Gasteiger partial charge in [0.05, 0.1) is 3.57 Å². The van der Waals surface area contributed by atoms with Crippen molar-refractivity contribution in [2.75, 3.05) is 0 Å². The van der Waals surface area contributed by atoms with Crippen molar-refractivity contribution in [3.63, 3.8) is 0 Å². The molecular weight excluding hydrogens is 357 g/mol. The summed E-state index contributed by atoms with van der Waals surface area (Å²) in [6.45, 7) is 0. The number of hydrogen-bond donors (Lipinski definition) is 1. The minimum atomic E-state index is -0.386. The lowest BCUT2D eigenvalue weighted by atomic mass is 10.1. The van der Waals surface area contributed by atoms with Crippen LogP contribution in [0, 0.1) is 9.39 Å². The zero-order valence-corrected chi connectivity index (χ0v) is 11.4. The molecule has 1 aromatic carbocycles. The highest BCUT2D eigenvalue weighted by atomic mass is 127. The Morgan fingerprint density at radius 2 is 2.24 bits per heavy atom. The molecule has 0 radical (unpaired) electrons. The number of H-pyrrole nitrogens is 1. The normalized spacial score (nSPS) is 10.5. The van der Waals surface area contributed by atoms with Crippen molar-refractivity contribution in [1.29, 1.82) is 0 Å². The molecule has 0 aliphatic heterocycles. The molecule has 0 spiro atoms. The van der Waals surface area contributed by atoms with Gasteiger partial charge in [0.15, 0.2) is 0 Å². The Morgan fingerprint density at radius 3 is 2.88 bits per heavy atom. The van der Waals surface area contributed by atoms with Crippen LogP contribution < -0.4 is 5.56 Å². The van der Waals surface area contributed by atoms with Gasteiger partial charge < -0.3 is 4.98 Å². The molecule has 88 valence electrons. The molecule has 0 fully saturated rings. The molecule has 0 aliphatic rings. The van der Waals surface area contributed by atoms with Gasteiger partial charge >= 0.3 is 0 Å². The first-order chi connectivity index (χ1) is 8.06. The third-order valence-corrected chi connectivity index (χ3v) is 3.30. The van der Waals surface area contributed by atoms with Crippen LogP contribution in [0.2, 0.25) is 5.02 Å². The van der Waals surface area contributed by atoms with E-state index in [-0.39, 0.29) is 11.4 Å². The number of hydrogen-bond acceptors (Lipinski definition) is 2. The molecule has 17 heavy (non-hydrogen) atoms. The Balaban J connectivity index is 2.31. The van der Waals surface area contributed by atoms with Gasteiger partial charge in [-0.2, -0.15) is 0 Å². The van der Waals surface area contributed by atoms with Crippen molar-refractivity contribution in [2.24, 2.45) is 0 Å². The van der Waals surface area contributed by atoms with Gasteiger partial charge in [-0.15, -0.1) is 0 Å². The minimum Gasteiger partial charge on any atom is -0.309 e. The van der Waals surface area contributed by atoms with Crippen LogP contribution in [0.4, 0.5) is 4.39 Å². The molecule has 0 bridgehead atoms.